The van der Waals surface area contributed by atoms with Gasteiger partial charge in [0, 0.05) is 26.2 Å². The first-order valence-corrected chi connectivity index (χ1v) is 10.7. The monoisotopic (exact) mass is 388 g/mol. The van der Waals surface area contributed by atoms with Gasteiger partial charge in [0.2, 0.25) is 0 Å². The van der Waals surface area contributed by atoms with Gasteiger partial charge in [-0.15, -0.1) is 0 Å². The molecule has 1 N–H and O–H groups in total. The first-order chi connectivity index (χ1) is 12.5. The molecule has 1 aromatic heterocycles. The summed E-state index contributed by atoms with van der Waals surface area (Å²) in [5.41, 5.74) is 1.45. The van der Waals surface area contributed by atoms with Crippen molar-refractivity contribution in [1.29, 1.82) is 0 Å². The summed E-state index contributed by atoms with van der Waals surface area (Å²) >= 11 is 1.60. The van der Waals surface area contributed by atoms with Crippen LogP contribution < -0.4 is 9.62 Å². The highest BCUT2D eigenvalue weighted by molar-refractivity contribution is 7.92. The van der Waals surface area contributed by atoms with Crippen LogP contribution in [0.4, 0.5) is 10.8 Å². The van der Waals surface area contributed by atoms with Crippen LogP contribution in [0.3, 0.4) is 0 Å². The number of rotatable bonds is 4. The maximum Gasteiger partial charge on any atom is 0.261 e. The third-order valence-corrected chi connectivity index (χ3v) is 6.93. The molecule has 6 nitrogen and oxygen atoms in total. The molecule has 0 unspecified atom stereocenters. The van der Waals surface area contributed by atoms with E-state index in [1.165, 1.54) is 0 Å². The fourth-order valence-corrected chi connectivity index (χ4v) is 5.05. The van der Waals surface area contributed by atoms with Gasteiger partial charge in [-0.05, 0) is 37.4 Å². The quantitative estimate of drug-likeness (QED) is 0.745. The molecule has 136 valence electrons. The topological polar surface area (TPSA) is 65.5 Å². The minimum atomic E-state index is -3.58. The minimum Gasteiger partial charge on any atom is -0.345 e. The predicted molar refractivity (Wildman–Crippen MR) is 107 cm³/mol. The Kier molecular flexibility index (Phi) is 4.56. The van der Waals surface area contributed by atoms with Crippen molar-refractivity contribution in [2.24, 2.45) is 0 Å². The van der Waals surface area contributed by atoms with E-state index < -0.39 is 10.0 Å². The van der Waals surface area contributed by atoms with E-state index in [1.807, 2.05) is 12.1 Å². The van der Waals surface area contributed by atoms with Gasteiger partial charge in [0.1, 0.15) is 0 Å². The number of piperazine rings is 1. The lowest BCUT2D eigenvalue weighted by atomic mass is 10.3. The van der Waals surface area contributed by atoms with Gasteiger partial charge in [-0.2, -0.15) is 0 Å². The number of likely N-dealkylation sites (N-methyl/N-ethyl adjacent to an activating group) is 1. The van der Waals surface area contributed by atoms with E-state index in [-0.39, 0.29) is 4.90 Å². The summed E-state index contributed by atoms with van der Waals surface area (Å²) in [6.07, 6.45) is 0. The summed E-state index contributed by atoms with van der Waals surface area (Å²) in [6.45, 7) is 3.98. The molecule has 0 atom stereocenters. The first kappa shape index (κ1) is 17.3. The van der Waals surface area contributed by atoms with Crippen molar-refractivity contribution in [2.45, 2.75) is 4.90 Å². The summed E-state index contributed by atoms with van der Waals surface area (Å²) < 4.78 is 28.6. The Bertz CT molecular complexity index is 1010. The summed E-state index contributed by atoms with van der Waals surface area (Å²) in [5.74, 6) is 0. The second-order valence-electron chi connectivity index (χ2n) is 6.39. The van der Waals surface area contributed by atoms with Crippen molar-refractivity contribution in [3.63, 3.8) is 0 Å². The van der Waals surface area contributed by atoms with E-state index in [0.29, 0.717) is 5.69 Å². The smallest absolute Gasteiger partial charge is 0.261 e. The van der Waals surface area contributed by atoms with Crippen LogP contribution in [0.5, 0.6) is 0 Å². The molecular formula is C18H20N4O2S2. The largest absolute Gasteiger partial charge is 0.345 e. The van der Waals surface area contributed by atoms with Crippen molar-refractivity contribution in [1.82, 2.24) is 9.88 Å². The van der Waals surface area contributed by atoms with Gasteiger partial charge in [0.15, 0.2) is 5.13 Å². The van der Waals surface area contributed by atoms with Gasteiger partial charge in [-0.25, -0.2) is 13.4 Å². The number of hydrogen-bond donors (Lipinski definition) is 1. The van der Waals surface area contributed by atoms with E-state index >= 15 is 0 Å². The van der Waals surface area contributed by atoms with Crippen LogP contribution in [0.2, 0.25) is 0 Å². The van der Waals surface area contributed by atoms with Gasteiger partial charge in [0.05, 0.1) is 20.8 Å². The number of benzene rings is 2. The Labute approximate surface area is 157 Å². The third kappa shape index (κ3) is 3.53. The van der Waals surface area contributed by atoms with Crippen LogP contribution in [-0.2, 0) is 10.0 Å². The molecule has 26 heavy (non-hydrogen) atoms. The second-order valence-corrected chi connectivity index (χ2v) is 9.08. The summed E-state index contributed by atoms with van der Waals surface area (Å²) in [5, 5.41) is 0.996. The molecule has 0 radical (unpaired) electrons. The Morgan fingerprint density at radius 1 is 1.04 bits per heavy atom. The average molecular weight is 389 g/mol. The molecule has 0 aliphatic carbocycles. The fourth-order valence-electron chi connectivity index (χ4n) is 2.92. The van der Waals surface area contributed by atoms with Gasteiger partial charge in [-0.1, -0.05) is 29.5 Å². The Hall–Kier alpha value is -2.16. The lowest BCUT2D eigenvalue weighted by molar-refractivity contribution is 0.313. The van der Waals surface area contributed by atoms with Crippen LogP contribution in [0.1, 0.15) is 0 Å². The first-order valence-electron chi connectivity index (χ1n) is 8.43. The Morgan fingerprint density at radius 2 is 1.77 bits per heavy atom. The van der Waals surface area contributed by atoms with Gasteiger partial charge in [0.25, 0.3) is 10.0 Å². The second kappa shape index (κ2) is 6.86. The van der Waals surface area contributed by atoms with Crippen molar-refractivity contribution < 1.29 is 8.42 Å². The zero-order valence-corrected chi connectivity index (χ0v) is 16.1. The zero-order chi connectivity index (χ0) is 18.1. The normalized spacial score (nSPS) is 16.1. The molecule has 4 rings (SSSR count). The highest BCUT2D eigenvalue weighted by Gasteiger charge is 2.18. The van der Waals surface area contributed by atoms with E-state index in [1.54, 1.807) is 47.7 Å². The van der Waals surface area contributed by atoms with Gasteiger partial charge >= 0.3 is 0 Å². The van der Waals surface area contributed by atoms with Crippen LogP contribution in [-0.4, -0.2) is 51.5 Å². The summed E-state index contributed by atoms with van der Waals surface area (Å²) in [6, 6.07) is 13.9. The molecule has 2 heterocycles. The zero-order valence-electron chi connectivity index (χ0n) is 14.4. The van der Waals surface area contributed by atoms with Crippen molar-refractivity contribution in [3.8, 4) is 0 Å². The van der Waals surface area contributed by atoms with E-state index in [0.717, 1.165) is 41.5 Å². The highest BCUT2D eigenvalue weighted by Crippen LogP contribution is 2.31. The van der Waals surface area contributed by atoms with Crippen LogP contribution in [0, 0.1) is 0 Å². The van der Waals surface area contributed by atoms with E-state index in [9.17, 15) is 8.42 Å². The standard InChI is InChI=1S/C18H20N4O2S2/c1-21-9-11-22(12-10-21)18-19-16-8-7-14(13-17(16)25-18)20-26(23,24)15-5-3-2-4-6-15/h2-8,13,20H,9-12H2,1H3. The summed E-state index contributed by atoms with van der Waals surface area (Å²) in [4.78, 5) is 9.55. The fraction of sp³-hybridized carbons (Fsp3) is 0.278. The molecule has 0 amide bonds. The maximum absolute atomic E-state index is 12.5. The molecule has 0 spiro atoms. The third-order valence-electron chi connectivity index (χ3n) is 4.46. The maximum atomic E-state index is 12.5. The number of sulfonamides is 1. The van der Waals surface area contributed by atoms with Crippen LogP contribution in [0.15, 0.2) is 53.4 Å². The van der Waals surface area contributed by atoms with Gasteiger partial charge in [-0.3, -0.25) is 4.72 Å². The number of nitrogens with zero attached hydrogens (tertiary/aromatic N) is 3. The SMILES string of the molecule is CN1CCN(c2nc3ccc(NS(=O)(=O)c4ccccc4)cc3s2)CC1. The molecule has 0 bridgehead atoms. The average Bonchev–Trinajstić information content (AvgIpc) is 3.06. The molecular weight excluding hydrogens is 368 g/mol. The number of anilines is 2. The lowest BCUT2D eigenvalue weighted by Crippen LogP contribution is -2.44. The predicted octanol–water partition coefficient (Wildman–Crippen LogP) is 2.85. The number of hydrogen-bond acceptors (Lipinski definition) is 6. The number of fused-ring (bicyclic) bond motifs is 1. The van der Waals surface area contributed by atoms with Crippen molar-refractivity contribution in [3.05, 3.63) is 48.5 Å². The molecule has 2 aromatic carbocycles. The van der Waals surface area contributed by atoms with Gasteiger partial charge < -0.3 is 9.80 Å². The van der Waals surface area contributed by atoms with Crippen molar-refractivity contribution in [2.75, 3.05) is 42.8 Å². The van der Waals surface area contributed by atoms with Crippen LogP contribution >= 0.6 is 11.3 Å². The van der Waals surface area contributed by atoms with E-state index in [2.05, 4.69) is 21.6 Å². The molecule has 3 aromatic rings. The highest BCUT2D eigenvalue weighted by atomic mass is 32.2. The minimum absolute atomic E-state index is 0.252. The Balaban J connectivity index is 1.58. The number of thiazole rings is 1. The lowest BCUT2D eigenvalue weighted by Gasteiger charge is -2.31. The number of aromatic nitrogens is 1. The van der Waals surface area contributed by atoms with Crippen molar-refractivity contribution >= 4 is 42.4 Å². The molecule has 0 saturated carbocycles. The number of nitrogens with one attached hydrogen (secondary N) is 1. The molecule has 1 fully saturated rings. The van der Waals surface area contributed by atoms with Crippen LogP contribution in [0.25, 0.3) is 10.2 Å². The Morgan fingerprint density at radius 3 is 2.50 bits per heavy atom. The molecule has 1 saturated heterocycles. The molecule has 8 heteroatoms. The van der Waals surface area contributed by atoms with E-state index in [4.69, 9.17) is 4.98 Å². The molecule has 1 aliphatic heterocycles. The molecule has 1 aliphatic rings. The summed E-state index contributed by atoms with van der Waals surface area (Å²) in [7, 11) is -1.46.